The van der Waals surface area contributed by atoms with Gasteiger partial charge in [0.1, 0.15) is 18.0 Å². The molecule has 3 aromatic rings. The van der Waals surface area contributed by atoms with Gasteiger partial charge >= 0.3 is 5.97 Å². The van der Waals surface area contributed by atoms with E-state index in [0.717, 1.165) is 16.8 Å². The Morgan fingerprint density at radius 1 is 1.13 bits per heavy atom. The summed E-state index contributed by atoms with van der Waals surface area (Å²) in [6.45, 7) is 5.54. The smallest absolute Gasteiger partial charge is 0.325 e. The zero-order valence-electron chi connectivity index (χ0n) is 17.9. The van der Waals surface area contributed by atoms with Gasteiger partial charge in [-0.25, -0.2) is 4.68 Å². The largest absolute Gasteiger partial charge is 0.494 e. The zero-order chi connectivity index (χ0) is 22.5. The van der Waals surface area contributed by atoms with Gasteiger partial charge in [-0.05, 0) is 32.9 Å². The highest BCUT2D eigenvalue weighted by molar-refractivity contribution is 6.30. The summed E-state index contributed by atoms with van der Waals surface area (Å²) in [4.78, 5) is 24.5. The van der Waals surface area contributed by atoms with Crippen molar-refractivity contribution in [3.8, 4) is 22.7 Å². The van der Waals surface area contributed by atoms with E-state index in [1.165, 1.54) is 0 Å². The predicted octanol–water partition coefficient (Wildman–Crippen LogP) is 4.11. The van der Waals surface area contributed by atoms with Gasteiger partial charge in [0, 0.05) is 22.2 Å². The Balaban J connectivity index is 2.11. The molecule has 0 fully saturated rings. The quantitative estimate of drug-likeness (QED) is 0.558. The van der Waals surface area contributed by atoms with Gasteiger partial charge in [-0.3, -0.25) is 9.59 Å². The van der Waals surface area contributed by atoms with Crippen LogP contribution in [0, 0.1) is 13.8 Å². The minimum absolute atomic E-state index is 0.205. The van der Waals surface area contributed by atoms with Crippen molar-refractivity contribution in [2.24, 2.45) is 0 Å². The van der Waals surface area contributed by atoms with E-state index in [-0.39, 0.29) is 18.8 Å². The molecule has 31 heavy (non-hydrogen) atoms. The molecule has 0 aliphatic rings. The number of methoxy groups -OCH3 is 1. The molecule has 7 nitrogen and oxygen atoms in total. The molecule has 8 heteroatoms. The van der Waals surface area contributed by atoms with Crippen LogP contribution in [-0.4, -0.2) is 41.9 Å². The molecule has 1 aromatic heterocycles. The fourth-order valence-electron chi connectivity index (χ4n) is 3.21. The van der Waals surface area contributed by atoms with E-state index < -0.39 is 11.9 Å². The third kappa shape index (κ3) is 4.88. The topological polar surface area (TPSA) is 82.5 Å². The van der Waals surface area contributed by atoms with Crippen LogP contribution in [0.2, 0.25) is 5.02 Å². The number of nitrogens with one attached hydrogen (secondary N) is 1. The second kappa shape index (κ2) is 9.66. The number of aryl methyl sites for hydroxylation is 1. The van der Waals surface area contributed by atoms with Crippen LogP contribution in [0.25, 0.3) is 16.9 Å². The zero-order valence-corrected chi connectivity index (χ0v) is 18.6. The van der Waals surface area contributed by atoms with E-state index in [9.17, 15) is 9.59 Å². The molecule has 0 unspecified atom stereocenters. The second-order valence-electron chi connectivity index (χ2n) is 6.90. The fraction of sp³-hybridized carbons (Fsp3) is 0.261. The molecule has 2 aromatic carbocycles. The molecule has 0 saturated heterocycles. The van der Waals surface area contributed by atoms with Crippen molar-refractivity contribution in [1.29, 1.82) is 0 Å². The molecule has 162 valence electrons. The van der Waals surface area contributed by atoms with Gasteiger partial charge < -0.3 is 14.8 Å². The lowest BCUT2D eigenvalue weighted by Gasteiger charge is -2.13. The molecular formula is C23H24ClN3O4. The number of ether oxygens (including phenoxy) is 2. The molecule has 1 N–H and O–H groups in total. The molecule has 3 rings (SSSR count). The van der Waals surface area contributed by atoms with Crippen molar-refractivity contribution in [2.45, 2.75) is 20.8 Å². The summed E-state index contributed by atoms with van der Waals surface area (Å²) in [5.41, 5.74) is 4.25. The maximum absolute atomic E-state index is 12.8. The number of benzene rings is 2. The van der Waals surface area contributed by atoms with Crippen LogP contribution >= 0.6 is 11.6 Å². The molecule has 0 saturated carbocycles. The first kappa shape index (κ1) is 22.4. The van der Waals surface area contributed by atoms with E-state index in [0.29, 0.717) is 22.0 Å². The van der Waals surface area contributed by atoms with Crippen molar-refractivity contribution in [1.82, 2.24) is 15.1 Å². The number of aromatic nitrogens is 2. The van der Waals surface area contributed by atoms with Crippen molar-refractivity contribution in [3.05, 3.63) is 64.3 Å². The Morgan fingerprint density at radius 2 is 1.84 bits per heavy atom. The fourth-order valence-corrected chi connectivity index (χ4v) is 3.37. The lowest BCUT2D eigenvalue weighted by atomic mass is 10.0. The summed E-state index contributed by atoms with van der Waals surface area (Å²) in [5, 5.41) is 7.67. The van der Waals surface area contributed by atoms with Gasteiger partial charge in [0.05, 0.1) is 19.4 Å². The van der Waals surface area contributed by atoms with Gasteiger partial charge in [-0.15, -0.1) is 0 Å². The average Bonchev–Trinajstić information content (AvgIpc) is 3.09. The van der Waals surface area contributed by atoms with Crippen LogP contribution in [0.5, 0.6) is 5.75 Å². The Bertz CT molecular complexity index is 1110. The summed E-state index contributed by atoms with van der Waals surface area (Å²) in [5.74, 6) is -0.460. The number of carbonyl (C=O) groups excluding carboxylic acids is 2. The monoisotopic (exact) mass is 441 g/mol. The first-order chi connectivity index (χ1) is 14.8. The molecule has 1 heterocycles. The summed E-state index contributed by atoms with van der Waals surface area (Å²) in [7, 11) is 1.55. The van der Waals surface area contributed by atoms with Gasteiger partial charge in [0.25, 0.3) is 5.91 Å². The molecule has 0 radical (unpaired) electrons. The highest BCUT2D eigenvalue weighted by Crippen LogP contribution is 2.33. The van der Waals surface area contributed by atoms with Crippen LogP contribution in [-0.2, 0) is 9.53 Å². The standard InChI is InChI=1S/C23H24ClN3O4/c1-5-31-20(28)13-25-23(29)21-15(3)22(16-8-6-14(2)7-9-16)27(26-21)18-11-10-17(24)12-19(18)30-4/h6-12H,5,13H2,1-4H3,(H,25,29). The minimum atomic E-state index is -0.508. The first-order valence-electron chi connectivity index (χ1n) is 9.80. The maximum atomic E-state index is 12.8. The van der Waals surface area contributed by atoms with E-state index in [1.807, 2.05) is 38.1 Å². The van der Waals surface area contributed by atoms with E-state index in [1.54, 1.807) is 36.9 Å². The van der Waals surface area contributed by atoms with Gasteiger partial charge in [-0.1, -0.05) is 41.4 Å². The number of amides is 1. The predicted molar refractivity (Wildman–Crippen MR) is 119 cm³/mol. The molecule has 0 atom stereocenters. The molecule has 0 aliphatic heterocycles. The third-order valence-electron chi connectivity index (χ3n) is 4.73. The molecule has 0 spiro atoms. The Hall–Kier alpha value is -3.32. The first-order valence-corrected chi connectivity index (χ1v) is 10.2. The number of carbonyl (C=O) groups is 2. The van der Waals surface area contributed by atoms with Crippen LogP contribution < -0.4 is 10.1 Å². The normalized spacial score (nSPS) is 10.6. The van der Waals surface area contributed by atoms with Crippen molar-refractivity contribution < 1.29 is 19.1 Å². The summed E-state index contributed by atoms with van der Waals surface area (Å²) < 4.78 is 12.0. The average molecular weight is 442 g/mol. The Labute approximate surface area is 185 Å². The number of rotatable bonds is 7. The van der Waals surface area contributed by atoms with Gasteiger partial charge in [0.15, 0.2) is 5.69 Å². The molecule has 0 bridgehead atoms. The highest BCUT2D eigenvalue weighted by Gasteiger charge is 2.24. The third-order valence-corrected chi connectivity index (χ3v) is 4.97. The lowest BCUT2D eigenvalue weighted by molar-refractivity contribution is -0.141. The summed E-state index contributed by atoms with van der Waals surface area (Å²) >= 11 is 6.12. The second-order valence-corrected chi connectivity index (χ2v) is 7.34. The number of hydrogen-bond donors (Lipinski definition) is 1. The van der Waals surface area contributed by atoms with Crippen LogP contribution in [0.4, 0.5) is 0 Å². The summed E-state index contributed by atoms with van der Waals surface area (Å²) in [6.07, 6.45) is 0. The number of esters is 1. The van der Waals surface area contributed by atoms with Crippen LogP contribution in [0.1, 0.15) is 28.5 Å². The molecule has 0 aliphatic carbocycles. The SMILES string of the molecule is CCOC(=O)CNC(=O)c1nn(-c2ccc(Cl)cc2OC)c(-c2ccc(C)cc2)c1C. The number of halogens is 1. The van der Waals surface area contributed by atoms with Crippen molar-refractivity contribution in [2.75, 3.05) is 20.3 Å². The van der Waals surface area contributed by atoms with Crippen molar-refractivity contribution in [3.63, 3.8) is 0 Å². The number of hydrogen-bond acceptors (Lipinski definition) is 5. The maximum Gasteiger partial charge on any atom is 0.325 e. The van der Waals surface area contributed by atoms with E-state index >= 15 is 0 Å². The molecular weight excluding hydrogens is 418 g/mol. The summed E-state index contributed by atoms with van der Waals surface area (Å²) in [6, 6.07) is 13.1. The molecule has 1 amide bonds. The van der Waals surface area contributed by atoms with E-state index in [2.05, 4.69) is 10.4 Å². The Morgan fingerprint density at radius 3 is 2.48 bits per heavy atom. The van der Waals surface area contributed by atoms with Gasteiger partial charge in [0.2, 0.25) is 0 Å². The lowest BCUT2D eigenvalue weighted by Crippen LogP contribution is -2.31. The minimum Gasteiger partial charge on any atom is -0.494 e. The Kier molecular flexibility index (Phi) is 6.97. The van der Waals surface area contributed by atoms with Crippen molar-refractivity contribution >= 4 is 23.5 Å². The van der Waals surface area contributed by atoms with Crippen LogP contribution in [0.15, 0.2) is 42.5 Å². The van der Waals surface area contributed by atoms with Gasteiger partial charge in [-0.2, -0.15) is 5.10 Å². The highest BCUT2D eigenvalue weighted by atomic mass is 35.5. The van der Waals surface area contributed by atoms with Crippen LogP contribution in [0.3, 0.4) is 0 Å². The van der Waals surface area contributed by atoms with E-state index in [4.69, 9.17) is 21.1 Å². The number of nitrogens with zero attached hydrogens (tertiary/aromatic N) is 2.